The molecule has 0 saturated heterocycles. The van der Waals surface area contributed by atoms with E-state index in [1.54, 1.807) is 25.9 Å². The number of hydrogen-bond donors (Lipinski definition) is 1. The van der Waals surface area contributed by atoms with Crippen LogP contribution < -0.4 is 0 Å². The Labute approximate surface area is 151 Å². The van der Waals surface area contributed by atoms with E-state index in [0.29, 0.717) is 17.1 Å². The molecule has 0 atom stereocenters. The van der Waals surface area contributed by atoms with Crippen molar-refractivity contribution >= 4 is 6.09 Å². The Balaban J connectivity index is 1.79. The molecule has 1 fully saturated rings. The topological polar surface area (TPSA) is 80.5 Å². The molecule has 2 aromatic rings. The lowest BCUT2D eigenvalue weighted by Gasteiger charge is -2.23. The molecule has 1 aliphatic carbocycles. The molecule has 0 aliphatic heterocycles. The highest BCUT2D eigenvalue weighted by Crippen LogP contribution is 2.28. The van der Waals surface area contributed by atoms with Crippen LogP contribution in [0.2, 0.25) is 0 Å². The summed E-state index contributed by atoms with van der Waals surface area (Å²) >= 11 is 0. The second-order valence-electron chi connectivity index (χ2n) is 6.64. The summed E-state index contributed by atoms with van der Waals surface area (Å²) in [5.41, 5.74) is 1.30. The van der Waals surface area contributed by atoms with Gasteiger partial charge in [-0.15, -0.1) is 5.10 Å². The molecular weight excluding hydrogens is 339 g/mol. The standard InChI is InChI=1S/C18H23FN4O3/c1-11-15(24)9-8-13(20-11)16-14(23(3)21-17(16)19)10-26-18(25)22(2)12-6-4-5-7-12/h8-9,12,24H,4-7,10H2,1-3H3. The molecule has 26 heavy (non-hydrogen) atoms. The molecule has 2 heterocycles. The van der Waals surface area contributed by atoms with Gasteiger partial charge in [-0.1, -0.05) is 12.8 Å². The second-order valence-corrected chi connectivity index (χ2v) is 6.64. The summed E-state index contributed by atoms with van der Waals surface area (Å²) in [6.07, 6.45) is 3.76. The van der Waals surface area contributed by atoms with Gasteiger partial charge in [0.05, 0.1) is 22.6 Å². The predicted molar refractivity (Wildman–Crippen MR) is 93.0 cm³/mol. The van der Waals surface area contributed by atoms with E-state index in [1.165, 1.54) is 16.8 Å². The van der Waals surface area contributed by atoms with Gasteiger partial charge in [-0.2, -0.15) is 4.39 Å². The summed E-state index contributed by atoms with van der Waals surface area (Å²) in [6.45, 7) is 1.52. The van der Waals surface area contributed by atoms with Gasteiger partial charge in [-0.05, 0) is 31.9 Å². The van der Waals surface area contributed by atoms with Crippen molar-refractivity contribution in [3.63, 3.8) is 0 Å². The molecule has 1 aliphatic rings. The number of rotatable bonds is 4. The Morgan fingerprint density at radius 3 is 2.77 bits per heavy atom. The molecule has 7 nitrogen and oxygen atoms in total. The number of hydrogen-bond acceptors (Lipinski definition) is 5. The van der Waals surface area contributed by atoms with Crippen molar-refractivity contribution < 1.29 is 19.0 Å². The lowest BCUT2D eigenvalue weighted by atomic mass is 10.1. The lowest BCUT2D eigenvalue weighted by Crippen LogP contribution is -2.35. The van der Waals surface area contributed by atoms with Crippen LogP contribution in [0, 0.1) is 12.9 Å². The Bertz CT molecular complexity index is 815. The van der Waals surface area contributed by atoms with Crippen molar-refractivity contribution in [2.75, 3.05) is 7.05 Å². The predicted octanol–water partition coefficient (Wildman–Crippen LogP) is 3.15. The van der Waals surface area contributed by atoms with E-state index in [2.05, 4.69) is 10.1 Å². The van der Waals surface area contributed by atoms with E-state index in [-0.39, 0.29) is 24.0 Å². The maximum Gasteiger partial charge on any atom is 0.410 e. The number of nitrogens with zero attached hydrogens (tertiary/aromatic N) is 4. The van der Waals surface area contributed by atoms with E-state index >= 15 is 0 Å². The highest BCUT2D eigenvalue weighted by atomic mass is 19.1. The van der Waals surface area contributed by atoms with E-state index in [0.717, 1.165) is 25.7 Å². The van der Waals surface area contributed by atoms with Crippen LogP contribution in [0.1, 0.15) is 37.1 Å². The SMILES string of the molecule is Cc1nc(-c2c(F)nn(C)c2COC(=O)N(C)C2CCCC2)ccc1O. The number of ether oxygens (including phenoxy) is 1. The Morgan fingerprint density at radius 2 is 2.12 bits per heavy atom. The molecule has 1 amide bonds. The number of halogens is 1. The van der Waals surface area contributed by atoms with Crippen molar-refractivity contribution in [3.8, 4) is 17.0 Å². The van der Waals surface area contributed by atoms with Crippen LogP contribution in [0.5, 0.6) is 5.75 Å². The van der Waals surface area contributed by atoms with E-state index in [9.17, 15) is 14.3 Å². The fourth-order valence-electron chi connectivity index (χ4n) is 3.31. The average Bonchev–Trinajstić information content (AvgIpc) is 3.22. The van der Waals surface area contributed by atoms with Crippen LogP contribution in [0.4, 0.5) is 9.18 Å². The van der Waals surface area contributed by atoms with E-state index in [1.807, 2.05) is 0 Å². The van der Waals surface area contributed by atoms with Gasteiger partial charge in [0.25, 0.3) is 0 Å². The minimum atomic E-state index is -0.694. The van der Waals surface area contributed by atoms with Crippen molar-refractivity contribution in [3.05, 3.63) is 29.5 Å². The van der Waals surface area contributed by atoms with E-state index < -0.39 is 12.0 Å². The smallest absolute Gasteiger partial charge is 0.410 e. The van der Waals surface area contributed by atoms with Gasteiger partial charge in [-0.25, -0.2) is 9.78 Å². The van der Waals surface area contributed by atoms with Gasteiger partial charge in [0.15, 0.2) is 0 Å². The van der Waals surface area contributed by atoms with E-state index in [4.69, 9.17) is 4.74 Å². The monoisotopic (exact) mass is 362 g/mol. The number of amides is 1. The van der Waals surface area contributed by atoms with Gasteiger partial charge in [0.2, 0.25) is 5.95 Å². The summed E-state index contributed by atoms with van der Waals surface area (Å²) in [4.78, 5) is 18.1. The van der Waals surface area contributed by atoms with Crippen LogP contribution >= 0.6 is 0 Å². The number of aromatic nitrogens is 3. The molecule has 2 aromatic heterocycles. The molecule has 0 aromatic carbocycles. The van der Waals surface area contributed by atoms with Gasteiger partial charge in [0.1, 0.15) is 12.4 Å². The molecule has 140 valence electrons. The third-order valence-corrected chi connectivity index (χ3v) is 4.93. The number of carbonyl (C=O) groups is 1. The first-order valence-electron chi connectivity index (χ1n) is 8.66. The number of aromatic hydroxyl groups is 1. The Kier molecular flexibility index (Phi) is 5.11. The molecule has 0 spiro atoms. The zero-order chi connectivity index (χ0) is 18.8. The molecule has 0 unspecified atom stereocenters. The zero-order valence-electron chi connectivity index (χ0n) is 15.2. The minimum absolute atomic E-state index is 0.0317. The first-order chi connectivity index (χ1) is 12.4. The normalized spacial score (nSPS) is 14.6. The first kappa shape index (κ1) is 18.2. The molecule has 1 saturated carbocycles. The quantitative estimate of drug-likeness (QED) is 0.904. The maximum absolute atomic E-state index is 14.3. The van der Waals surface area contributed by atoms with Gasteiger partial charge >= 0.3 is 6.09 Å². The summed E-state index contributed by atoms with van der Waals surface area (Å²) in [6, 6.07) is 3.17. The number of pyridine rings is 1. The van der Waals surface area contributed by atoms with Gasteiger partial charge < -0.3 is 14.7 Å². The molecule has 1 N–H and O–H groups in total. The first-order valence-corrected chi connectivity index (χ1v) is 8.66. The lowest BCUT2D eigenvalue weighted by molar-refractivity contribution is 0.0899. The summed E-state index contributed by atoms with van der Waals surface area (Å²) < 4.78 is 21.1. The molecule has 8 heteroatoms. The van der Waals surface area contributed by atoms with Crippen LogP contribution in [0.15, 0.2) is 12.1 Å². The molecule has 3 rings (SSSR count). The summed E-state index contributed by atoms with van der Waals surface area (Å²) in [7, 11) is 3.32. The molecular formula is C18H23FN4O3. The number of aryl methyl sites for hydroxylation is 2. The largest absolute Gasteiger partial charge is 0.506 e. The van der Waals surface area contributed by atoms with Crippen molar-refractivity contribution in [2.24, 2.45) is 7.05 Å². The highest BCUT2D eigenvalue weighted by Gasteiger charge is 2.26. The fourth-order valence-corrected chi connectivity index (χ4v) is 3.31. The Morgan fingerprint density at radius 1 is 1.42 bits per heavy atom. The van der Waals surface area contributed by atoms with Crippen LogP contribution in [-0.4, -0.2) is 44.0 Å². The van der Waals surface area contributed by atoms with Gasteiger partial charge in [0, 0.05) is 20.1 Å². The third-order valence-electron chi connectivity index (χ3n) is 4.93. The number of carbonyl (C=O) groups excluding carboxylic acids is 1. The fraction of sp³-hybridized carbons (Fsp3) is 0.500. The van der Waals surface area contributed by atoms with Crippen molar-refractivity contribution in [1.82, 2.24) is 19.7 Å². The van der Waals surface area contributed by atoms with Crippen LogP contribution in [-0.2, 0) is 18.4 Å². The summed E-state index contributed by atoms with van der Waals surface area (Å²) in [5.74, 6) is -0.662. The van der Waals surface area contributed by atoms with Crippen molar-refractivity contribution in [1.29, 1.82) is 0 Å². The molecule has 0 radical (unpaired) electrons. The summed E-state index contributed by atoms with van der Waals surface area (Å²) in [5, 5.41) is 13.4. The minimum Gasteiger partial charge on any atom is -0.506 e. The average molecular weight is 362 g/mol. The molecule has 0 bridgehead atoms. The van der Waals surface area contributed by atoms with Crippen molar-refractivity contribution in [2.45, 2.75) is 45.3 Å². The maximum atomic E-state index is 14.3. The highest BCUT2D eigenvalue weighted by molar-refractivity contribution is 5.68. The third kappa shape index (κ3) is 3.49. The zero-order valence-corrected chi connectivity index (χ0v) is 15.2. The Hall–Kier alpha value is -2.64. The van der Waals surface area contributed by atoms with Gasteiger partial charge in [-0.3, -0.25) is 4.68 Å². The van der Waals surface area contributed by atoms with Crippen LogP contribution in [0.25, 0.3) is 11.3 Å². The van der Waals surface area contributed by atoms with Crippen LogP contribution in [0.3, 0.4) is 0 Å². The second kappa shape index (κ2) is 7.31.